The number of carbonyl (C=O) groups is 1. The fraction of sp³-hybridized carbons (Fsp3) is 0.312. The van der Waals surface area contributed by atoms with Crippen molar-refractivity contribution in [3.8, 4) is 11.3 Å². The van der Waals surface area contributed by atoms with Crippen LogP contribution in [0.1, 0.15) is 30.3 Å². The number of furan rings is 1. The average Bonchev–Trinajstić information content (AvgIpc) is 2.94. The molecule has 0 N–H and O–H groups in total. The number of rotatable bonds is 5. The summed E-state index contributed by atoms with van der Waals surface area (Å²) < 4.78 is 19.1. The molecule has 0 fully saturated rings. The molecule has 4 heteroatoms. The lowest BCUT2D eigenvalue weighted by Crippen LogP contribution is -2.27. The molecule has 1 aromatic heterocycles. The van der Waals surface area contributed by atoms with Crippen LogP contribution in [0.4, 0.5) is 4.39 Å². The number of amides is 1. The Morgan fingerprint density at radius 1 is 1.25 bits per heavy atom. The summed E-state index contributed by atoms with van der Waals surface area (Å²) in [7, 11) is 1.74. The summed E-state index contributed by atoms with van der Waals surface area (Å²) in [6.07, 6.45) is 1.97. The Kier molecular flexibility index (Phi) is 4.56. The average molecular weight is 275 g/mol. The predicted octanol–water partition coefficient (Wildman–Crippen LogP) is 3.96. The molecule has 1 aromatic carbocycles. The first kappa shape index (κ1) is 14.3. The molecule has 0 saturated heterocycles. The van der Waals surface area contributed by atoms with Crippen LogP contribution in [0.2, 0.25) is 0 Å². The highest BCUT2D eigenvalue weighted by Crippen LogP contribution is 2.25. The van der Waals surface area contributed by atoms with E-state index in [1.165, 1.54) is 6.07 Å². The zero-order valence-electron chi connectivity index (χ0n) is 11.7. The maximum Gasteiger partial charge on any atom is 0.289 e. The van der Waals surface area contributed by atoms with Gasteiger partial charge in [0.1, 0.15) is 11.6 Å². The lowest BCUT2D eigenvalue weighted by molar-refractivity contribution is 0.0762. The van der Waals surface area contributed by atoms with Crippen LogP contribution in [0.5, 0.6) is 0 Å². The molecule has 0 aliphatic rings. The fourth-order valence-corrected chi connectivity index (χ4v) is 1.94. The monoisotopic (exact) mass is 275 g/mol. The third-order valence-electron chi connectivity index (χ3n) is 3.15. The molecule has 0 atom stereocenters. The number of halogens is 1. The van der Waals surface area contributed by atoms with Crippen molar-refractivity contribution in [2.75, 3.05) is 13.6 Å². The molecule has 0 bridgehead atoms. The lowest BCUT2D eigenvalue weighted by atomic mass is 10.1. The first-order valence-electron chi connectivity index (χ1n) is 6.73. The summed E-state index contributed by atoms with van der Waals surface area (Å²) in [6, 6.07) is 9.56. The van der Waals surface area contributed by atoms with E-state index in [4.69, 9.17) is 4.42 Å². The fourth-order valence-electron chi connectivity index (χ4n) is 1.94. The zero-order valence-corrected chi connectivity index (χ0v) is 11.7. The predicted molar refractivity (Wildman–Crippen MR) is 76.0 cm³/mol. The van der Waals surface area contributed by atoms with Gasteiger partial charge in [-0.2, -0.15) is 0 Å². The molecule has 1 heterocycles. The third kappa shape index (κ3) is 3.07. The van der Waals surface area contributed by atoms with Crippen LogP contribution in [0.3, 0.4) is 0 Å². The minimum Gasteiger partial charge on any atom is -0.451 e. The number of hydrogen-bond donors (Lipinski definition) is 0. The van der Waals surface area contributed by atoms with Crippen molar-refractivity contribution >= 4 is 5.91 Å². The van der Waals surface area contributed by atoms with Crippen molar-refractivity contribution in [2.24, 2.45) is 0 Å². The molecule has 20 heavy (non-hydrogen) atoms. The van der Waals surface area contributed by atoms with Crippen LogP contribution in [-0.2, 0) is 0 Å². The molecule has 0 radical (unpaired) electrons. The molecular weight excluding hydrogens is 257 g/mol. The van der Waals surface area contributed by atoms with Gasteiger partial charge in [0.2, 0.25) is 0 Å². The van der Waals surface area contributed by atoms with E-state index in [0.29, 0.717) is 17.9 Å². The second kappa shape index (κ2) is 6.37. The maximum absolute atomic E-state index is 13.7. The van der Waals surface area contributed by atoms with Crippen LogP contribution in [0, 0.1) is 5.82 Å². The topological polar surface area (TPSA) is 33.5 Å². The Balaban J connectivity index is 2.17. The SMILES string of the molecule is CCCCN(C)C(=O)c1ccc(-c2ccccc2F)o1. The maximum atomic E-state index is 13.7. The Bertz CT molecular complexity index is 592. The Hall–Kier alpha value is -2.10. The van der Waals surface area contributed by atoms with Gasteiger partial charge in [0, 0.05) is 13.6 Å². The lowest BCUT2D eigenvalue weighted by Gasteiger charge is -2.14. The number of unbranched alkanes of at least 4 members (excludes halogenated alkanes) is 1. The van der Waals surface area contributed by atoms with Crippen molar-refractivity contribution in [3.63, 3.8) is 0 Å². The molecule has 0 saturated carbocycles. The van der Waals surface area contributed by atoms with E-state index in [9.17, 15) is 9.18 Å². The number of hydrogen-bond acceptors (Lipinski definition) is 2. The Morgan fingerprint density at radius 2 is 2.00 bits per heavy atom. The summed E-state index contributed by atoms with van der Waals surface area (Å²) >= 11 is 0. The largest absolute Gasteiger partial charge is 0.451 e. The van der Waals surface area contributed by atoms with Gasteiger partial charge in [0.05, 0.1) is 5.56 Å². The molecule has 1 amide bonds. The van der Waals surface area contributed by atoms with Gasteiger partial charge in [-0.1, -0.05) is 25.5 Å². The first-order valence-corrected chi connectivity index (χ1v) is 6.73. The van der Waals surface area contributed by atoms with E-state index in [1.807, 2.05) is 0 Å². The van der Waals surface area contributed by atoms with Crippen molar-refractivity contribution in [1.29, 1.82) is 0 Å². The minimum absolute atomic E-state index is 0.180. The summed E-state index contributed by atoms with van der Waals surface area (Å²) in [5, 5.41) is 0. The van der Waals surface area contributed by atoms with Gasteiger partial charge in [-0.25, -0.2) is 4.39 Å². The van der Waals surface area contributed by atoms with E-state index in [2.05, 4.69) is 6.92 Å². The molecule has 2 aromatic rings. The molecule has 3 nitrogen and oxygen atoms in total. The standard InChI is InChI=1S/C16H18FNO2/c1-3-4-11-18(2)16(19)15-10-9-14(20-15)12-7-5-6-8-13(12)17/h5-10H,3-4,11H2,1-2H3. The van der Waals surface area contributed by atoms with E-state index < -0.39 is 0 Å². The van der Waals surface area contributed by atoms with Gasteiger partial charge in [-0.15, -0.1) is 0 Å². The molecule has 0 spiro atoms. The van der Waals surface area contributed by atoms with Gasteiger partial charge in [0.15, 0.2) is 5.76 Å². The highest BCUT2D eigenvalue weighted by Gasteiger charge is 2.17. The van der Waals surface area contributed by atoms with E-state index >= 15 is 0 Å². The summed E-state index contributed by atoms with van der Waals surface area (Å²) in [6.45, 7) is 2.76. The van der Waals surface area contributed by atoms with Gasteiger partial charge in [-0.3, -0.25) is 4.79 Å². The molecule has 106 valence electrons. The number of nitrogens with zero attached hydrogens (tertiary/aromatic N) is 1. The second-order valence-corrected chi connectivity index (χ2v) is 4.72. The molecule has 0 aliphatic carbocycles. The Labute approximate surface area is 118 Å². The smallest absolute Gasteiger partial charge is 0.289 e. The second-order valence-electron chi connectivity index (χ2n) is 4.72. The van der Waals surface area contributed by atoms with Crippen LogP contribution < -0.4 is 0 Å². The summed E-state index contributed by atoms with van der Waals surface area (Å²) in [5.41, 5.74) is 0.364. The number of benzene rings is 1. The van der Waals surface area contributed by atoms with Crippen molar-refractivity contribution in [2.45, 2.75) is 19.8 Å². The van der Waals surface area contributed by atoms with Crippen LogP contribution in [-0.4, -0.2) is 24.4 Å². The molecule has 0 unspecified atom stereocenters. The van der Waals surface area contributed by atoms with Gasteiger partial charge in [0.25, 0.3) is 5.91 Å². The Morgan fingerprint density at radius 3 is 2.70 bits per heavy atom. The van der Waals surface area contributed by atoms with Crippen LogP contribution >= 0.6 is 0 Å². The highest BCUT2D eigenvalue weighted by atomic mass is 19.1. The van der Waals surface area contributed by atoms with E-state index in [1.54, 1.807) is 42.3 Å². The summed E-state index contributed by atoms with van der Waals surface area (Å²) in [5.74, 6) is 0.0680. The normalized spacial score (nSPS) is 10.6. The zero-order chi connectivity index (χ0) is 14.5. The summed E-state index contributed by atoms with van der Waals surface area (Å²) in [4.78, 5) is 13.7. The molecular formula is C16H18FNO2. The number of carbonyl (C=O) groups excluding carboxylic acids is 1. The molecule has 0 aliphatic heterocycles. The van der Waals surface area contributed by atoms with E-state index in [-0.39, 0.29) is 17.5 Å². The van der Waals surface area contributed by atoms with Gasteiger partial charge < -0.3 is 9.32 Å². The van der Waals surface area contributed by atoms with Crippen molar-refractivity contribution in [1.82, 2.24) is 4.90 Å². The van der Waals surface area contributed by atoms with Gasteiger partial charge in [-0.05, 0) is 30.7 Å². The van der Waals surface area contributed by atoms with Crippen LogP contribution in [0.15, 0.2) is 40.8 Å². The third-order valence-corrected chi connectivity index (χ3v) is 3.15. The minimum atomic E-state index is -0.361. The van der Waals surface area contributed by atoms with Crippen LogP contribution in [0.25, 0.3) is 11.3 Å². The van der Waals surface area contributed by atoms with Crippen molar-refractivity contribution in [3.05, 3.63) is 48.0 Å². The van der Waals surface area contributed by atoms with Gasteiger partial charge >= 0.3 is 0 Å². The highest BCUT2D eigenvalue weighted by molar-refractivity contribution is 5.91. The molecule has 2 rings (SSSR count). The first-order chi connectivity index (χ1) is 9.63. The van der Waals surface area contributed by atoms with E-state index in [0.717, 1.165) is 12.8 Å². The quantitative estimate of drug-likeness (QED) is 0.827. The van der Waals surface area contributed by atoms with Crippen molar-refractivity contribution < 1.29 is 13.6 Å².